The van der Waals surface area contributed by atoms with Crippen LogP contribution >= 0.6 is 15.9 Å². The van der Waals surface area contributed by atoms with E-state index < -0.39 is 0 Å². The van der Waals surface area contributed by atoms with Crippen molar-refractivity contribution in [2.75, 3.05) is 27.4 Å². The first-order valence-electron chi connectivity index (χ1n) is 14.3. The minimum Gasteiger partial charge on any atom is -0.383 e. The predicted octanol–water partition coefficient (Wildman–Crippen LogP) is 4.71. The molecule has 11 heteroatoms. The Balaban J connectivity index is 0.000000180. The number of methoxy groups -OCH3 is 2. The summed E-state index contributed by atoms with van der Waals surface area (Å²) in [5.41, 5.74) is 3.72. The summed E-state index contributed by atoms with van der Waals surface area (Å²) in [4.78, 5) is 40.8. The zero-order valence-corrected chi connectivity index (χ0v) is 27.4. The molecule has 10 nitrogen and oxygen atoms in total. The molecule has 47 heavy (non-hydrogen) atoms. The van der Waals surface area contributed by atoms with Gasteiger partial charge in [-0.05, 0) is 60.7 Å². The van der Waals surface area contributed by atoms with Gasteiger partial charge in [0.2, 0.25) is 0 Å². The lowest BCUT2D eigenvalue weighted by Crippen LogP contribution is -2.22. The molecule has 0 atom stereocenters. The van der Waals surface area contributed by atoms with E-state index in [1.54, 1.807) is 72.9 Å². The van der Waals surface area contributed by atoms with Gasteiger partial charge < -0.3 is 9.47 Å². The molecule has 6 rings (SSSR count). The quantitative estimate of drug-likeness (QED) is 0.231. The molecule has 4 heterocycles. The Kier molecular flexibility index (Phi) is 13.1. The maximum atomic E-state index is 12.3. The third-order valence-electron chi connectivity index (χ3n) is 6.53. The van der Waals surface area contributed by atoms with Crippen LogP contribution in [0.4, 0.5) is 0 Å². The van der Waals surface area contributed by atoms with Gasteiger partial charge in [0.15, 0.2) is 0 Å². The summed E-state index contributed by atoms with van der Waals surface area (Å²) in [6, 6.07) is 18.3. The van der Waals surface area contributed by atoms with Crippen LogP contribution in [0, 0.1) is 24.2 Å². The minimum absolute atomic E-state index is 0.0328. The molecule has 2 aromatic carbocycles. The van der Waals surface area contributed by atoms with E-state index in [2.05, 4.69) is 53.6 Å². The van der Waals surface area contributed by atoms with Gasteiger partial charge in [-0.1, -0.05) is 33.7 Å². The normalized spacial score (nSPS) is 10.1. The molecule has 0 unspecified atom stereocenters. The summed E-state index contributed by atoms with van der Waals surface area (Å²) in [5.74, 6) is 8.57. The number of rotatable bonds is 6. The summed E-state index contributed by atoms with van der Waals surface area (Å²) in [7, 11) is 3.21. The van der Waals surface area contributed by atoms with Gasteiger partial charge in [0.05, 0.1) is 60.8 Å². The number of nitrogens with zero attached hydrogens (tertiary/aromatic N) is 6. The van der Waals surface area contributed by atoms with Crippen LogP contribution in [0.5, 0.6) is 0 Å². The Bertz CT molecular complexity index is 2150. The van der Waals surface area contributed by atoms with Gasteiger partial charge >= 0.3 is 0 Å². The number of terminal acetylenes is 1. The van der Waals surface area contributed by atoms with E-state index in [1.807, 2.05) is 48.5 Å². The molecule has 236 valence electrons. The van der Waals surface area contributed by atoms with Crippen molar-refractivity contribution >= 4 is 37.7 Å². The molecule has 0 aliphatic carbocycles. The van der Waals surface area contributed by atoms with E-state index in [0.717, 1.165) is 21.2 Å². The Morgan fingerprint density at radius 1 is 0.723 bits per heavy atom. The summed E-state index contributed by atoms with van der Waals surface area (Å²) in [6.07, 6.45) is 14.9. The van der Waals surface area contributed by atoms with E-state index in [0.29, 0.717) is 48.1 Å². The fraction of sp³-hybridized carbons (Fsp3) is 0.167. The molecule has 0 bridgehead atoms. The number of ether oxygens (including phenoxy) is 2. The van der Waals surface area contributed by atoms with Crippen molar-refractivity contribution in [3.8, 4) is 24.2 Å². The Hall–Kier alpha value is -5.46. The highest BCUT2D eigenvalue weighted by Gasteiger charge is 2.05. The second-order valence-electron chi connectivity index (χ2n) is 9.74. The average molecular weight is 692 g/mol. The molecule has 0 aliphatic rings. The van der Waals surface area contributed by atoms with Crippen molar-refractivity contribution in [3.05, 3.63) is 140 Å². The highest BCUT2D eigenvalue weighted by atomic mass is 79.9. The van der Waals surface area contributed by atoms with Gasteiger partial charge in [-0.2, -0.15) is 0 Å². The molecule has 6 aromatic rings. The number of halogens is 1. The molecule has 0 amide bonds. The molecule has 0 aliphatic heterocycles. The zero-order valence-electron chi connectivity index (χ0n) is 25.8. The number of hydrogen-bond acceptors (Lipinski definition) is 8. The SMILES string of the molecule is C#Cc1cccnc1.COCCn1cnc2cc(Br)ccc2c1=O.COCCn1cnc2cc(C#Cc3cccnc3)ccc2c1=O. The number of aromatic nitrogens is 6. The van der Waals surface area contributed by atoms with Gasteiger partial charge in [-0.3, -0.25) is 28.7 Å². The maximum Gasteiger partial charge on any atom is 0.261 e. The van der Waals surface area contributed by atoms with Crippen LogP contribution in [0.2, 0.25) is 0 Å². The maximum absolute atomic E-state index is 12.3. The van der Waals surface area contributed by atoms with E-state index >= 15 is 0 Å². The smallest absolute Gasteiger partial charge is 0.261 e. The molecule has 0 radical (unpaired) electrons. The molecule has 0 N–H and O–H groups in total. The first kappa shape index (κ1) is 34.4. The van der Waals surface area contributed by atoms with Crippen molar-refractivity contribution in [2.24, 2.45) is 0 Å². The Morgan fingerprint density at radius 2 is 1.26 bits per heavy atom. The van der Waals surface area contributed by atoms with Gasteiger partial charge in [-0.15, -0.1) is 6.42 Å². The molecule has 4 aromatic heterocycles. The first-order chi connectivity index (χ1) is 22.9. The first-order valence-corrected chi connectivity index (χ1v) is 15.1. The molecule has 0 saturated carbocycles. The average Bonchev–Trinajstić information content (AvgIpc) is 3.11. The second kappa shape index (κ2) is 17.9. The van der Waals surface area contributed by atoms with Crippen LogP contribution in [-0.4, -0.2) is 56.5 Å². The number of pyridine rings is 2. The second-order valence-corrected chi connectivity index (χ2v) is 10.7. The summed E-state index contributed by atoms with van der Waals surface area (Å²) >= 11 is 3.35. The summed E-state index contributed by atoms with van der Waals surface area (Å²) in [5, 5.41) is 1.21. The van der Waals surface area contributed by atoms with Crippen LogP contribution in [0.15, 0.2) is 112 Å². The molecular formula is C36H31BrN6O4. The highest BCUT2D eigenvalue weighted by molar-refractivity contribution is 9.10. The van der Waals surface area contributed by atoms with E-state index in [4.69, 9.17) is 15.9 Å². The summed E-state index contributed by atoms with van der Waals surface area (Å²) < 4.78 is 14.0. The standard InChI is InChI=1S/C18H15N3O2.C11H11BrN2O2.C7H5N/c1-23-10-9-21-13-20-17-11-14(6-7-16(17)18(21)22)4-5-15-3-2-8-19-12-15;1-16-5-4-14-7-13-10-6-8(12)2-3-9(10)11(14)15;1-2-7-4-3-5-8-6-7/h2-3,6-8,11-13H,9-10H2,1H3;2-3,6-7H,4-5H2,1H3;1,3-6H. The monoisotopic (exact) mass is 690 g/mol. The fourth-order valence-corrected chi connectivity index (χ4v) is 4.44. The van der Waals surface area contributed by atoms with Crippen molar-refractivity contribution in [2.45, 2.75) is 13.1 Å². The van der Waals surface area contributed by atoms with Gasteiger partial charge in [0, 0.05) is 60.2 Å². The third-order valence-corrected chi connectivity index (χ3v) is 7.02. The predicted molar refractivity (Wildman–Crippen MR) is 186 cm³/mol. The Morgan fingerprint density at radius 3 is 1.77 bits per heavy atom. The third kappa shape index (κ3) is 10.0. The van der Waals surface area contributed by atoms with E-state index in [1.165, 1.54) is 0 Å². The zero-order chi connectivity index (χ0) is 33.4. The molecular weight excluding hydrogens is 660 g/mol. The number of benzene rings is 2. The number of fused-ring (bicyclic) bond motifs is 2. The van der Waals surface area contributed by atoms with Gasteiger partial charge in [-0.25, -0.2) is 9.97 Å². The van der Waals surface area contributed by atoms with Gasteiger partial charge in [0.25, 0.3) is 11.1 Å². The fourth-order valence-electron chi connectivity index (χ4n) is 4.09. The van der Waals surface area contributed by atoms with E-state index in [9.17, 15) is 9.59 Å². The Labute approximate surface area is 280 Å². The van der Waals surface area contributed by atoms with Crippen molar-refractivity contribution in [3.63, 3.8) is 0 Å². The largest absolute Gasteiger partial charge is 0.383 e. The van der Waals surface area contributed by atoms with Crippen LogP contribution in [-0.2, 0) is 22.6 Å². The lowest BCUT2D eigenvalue weighted by atomic mass is 10.1. The van der Waals surface area contributed by atoms with Gasteiger partial charge in [0.1, 0.15) is 0 Å². The topological polar surface area (TPSA) is 114 Å². The molecule has 0 spiro atoms. The lowest BCUT2D eigenvalue weighted by molar-refractivity contribution is 0.186. The molecule has 0 fully saturated rings. The highest BCUT2D eigenvalue weighted by Crippen LogP contribution is 2.15. The molecule has 0 saturated heterocycles. The minimum atomic E-state index is -0.0705. The van der Waals surface area contributed by atoms with Crippen LogP contribution in [0.3, 0.4) is 0 Å². The van der Waals surface area contributed by atoms with Crippen molar-refractivity contribution in [1.29, 1.82) is 0 Å². The van der Waals surface area contributed by atoms with E-state index in [-0.39, 0.29) is 11.1 Å². The van der Waals surface area contributed by atoms with Crippen molar-refractivity contribution < 1.29 is 9.47 Å². The lowest BCUT2D eigenvalue weighted by Gasteiger charge is -2.05. The summed E-state index contributed by atoms with van der Waals surface area (Å²) in [6.45, 7) is 1.99. The van der Waals surface area contributed by atoms with Crippen molar-refractivity contribution in [1.82, 2.24) is 29.1 Å². The van der Waals surface area contributed by atoms with Crippen LogP contribution in [0.1, 0.15) is 16.7 Å². The number of hydrogen-bond donors (Lipinski definition) is 0. The van der Waals surface area contributed by atoms with Crippen LogP contribution < -0.4 is 11.1 Å². The van der Waals surface area contributed by atoms with Crippen LogP contribution in [0.25, 0.3) is 21.8 Å².